The van der Waals surface area contributed by atoms with Crippen molar-refractivity contribution in [2.45, 2.75) is 46.5 Å². The molecule has 0 atom stereocenters. The van der Waals surface area contributed by atoms with Gasteiger partial charge in [-0.2, -0.15) is 0 Å². The first-order valence-electron chi connectivity index (χ1n) is 6.89. The third-order valence-corrected chi connectivity index (χ3v) is 6.06. The van der Waals surface area contributed by atoms with Gasteiger partial charge in [0.25, 0.3) is 0 Å². The fraction of sp³-hybridized carbons (Fsp3) is 0.438. The summed E-state index contributed by atoms with van der Waals surface area (Å²) >= 11 is -0.365. The van der Waals surface area contributed by atoms with Crippen LogP contribution in [0.25, 0.3) is 0 Å². The molecule has 0 bridgehead atoms. The normalized spacial score (nSPS) is 11.9. The summed E-state index contributed by atoms with van der Waals surface area (Å²) < 4.78 is 2.94. The van der Waals surface area contributed by atoms with Crippen LogP contribution in [0, 0.1) is 0 Å². The van der Waals surface area contributed by atoms with Gasteiger partial charge >= 0.3 is 127 Å². The summed E-state index contributed by atoms with van der Waals surface area (Å²) in [6.45, 7) is 5.96. The van der Waals surface area contributed by atoms with Crippen LogP contribution in [0.15, 0.2) is 39.6 Å². The maximum absolute atomic E-state index is 11.4. The van der Waals surface area contributed by atoms with Crippen LogP contribution in [0.4, 0.5) is 0 Å². The van der Waals surface area contributed by atoms with Gasteiger partial charge in [0.1, 0.15) is 0 Å². The maximum atomic E-state index is 11.4. The van der Waals surface area contributed by atoms with E-state index in [0.29, 0.717) is 0 Å². The van der Waals surface area contributed by atoms with Gasteiger partial charge in [0, 0.05) is 0 Å². The number of hydrogen-bond acceptors (Lipinski definition) is 1. The summed E-state index contributed by atoms with van der Waals surface area (Å²) in [6, 6.07) is 10.7. The quantitative estimate of drug-likeness (QED) is 0.732. The van der Waals surface area contributed by atoms with Gasteiger partial charge in [0.15, 0.2) is 0 Å². The van der Waals surface area contributed by atoms with Crippen LogP contribution in [0.5, 0.6) is 0 Å². The third kappa shape index (κ3) is 6.27. The molecule has 0 aliphatic heterocycles. The number of carbonyl (C=O) groups is 1. The van der Waals surface area contributed by atoms with Crippen LogP contribution in [0.3, 0.4) is 0 Å². The Labute approximate surface area is 126 Å². The van der Waals surface area contributed by atoms with E-state index in [0.717, 1.165) is 25.7 Å². The van der Waals surface area contributed by atoms with E-state index in [2.05, 4.69) is 49.5 Å². The van der Waals surface area contributed by atoms with Crippen LogP contribution in [-0.4, -0.2) is 26.8 Å². The van der Waals surface area contributed by atoms with Crippen molar-refractivity contribution in [3.8, 4) is 0 Å². The van der Waals surface area contributed by atoms with Crippen LogP contribution >= 0.6 is 0 Å². The summed E-state index contributed by atoms with van der Waals surface area (Å²) in [5.74, 6) is 0.0533. The monoisotopic (exact) mass is 375 g/mol. The molecular weight excluding hydrogens is 350 g/mol. The molecule has 1 rings (SSSR count). The number of rotatable bonds is 7. The molecule has 3 heteroatoms. The minimum atomic E-state index is -0.365. The molecule has 1 N–H and O–H groups in total. The Morgan fingerprint density at radius 2 is 1.74 bits per heavy atom. The molecule has 0 aromatic heterocycles. The van der Waals surface area contributed by atoms with Gasteiger partial charge in [-0.25, -0.2) is 0 Å². The molecule has 0 fully saturated rings. The molecule has 0 radical (unpaired) electrons. The van der Waals surface area contributed by atoms with Crippen molar-refractivity contribution < 1.29 is 4.79 Å². The summed E-state index contributed by atoms with van der Waals surface area (Å²) in [4.78, 5) is 11.4. The molecule has 0 saturated carbocycles. The van der Waals surface area contributed by atoms with E-state index < -0.39 is 0 Å². The molecule has 0 saturated heterocycles. The molecule has 1 aromatic rings. The van der Waals surface area contributed by atoms with Gasteiger partial charge in [0.2, 0.25) is 0 Å². The minimum absolute atomic E-state index is 0.0533. The molecule has 1 aromatic carbocycles. The predicted octanol–water partition coefficient (Wildman–Crippen LogP) is 2.96. The molecule has 0 unspecified atom stereocenters. The predicted molar refractivity (Wildman–Crippen MR) is 82.5 cm³/mol. The number of hydrogen-bond donors (Lipinski definition) is 1. The number of benzene rings is 1. The van der Waals surface area contributed by atoms with Crippen molar-refractivity contribution in [3.05, 3.63) is 39.6 Å². The van der Waals surface area contributed by atoms with Crippen LogP contribution in [0.2, 0.25) is 0 Å². The molecule has 104 valence electrons. The van der Waals surface area contributed by atoms with E-state index in [1.807, 2.05) is 0 Å². The first kappa shape index (κ1) is 16.3. The summed E-state index contributed by atoms with van der Waals surface area (Å²) in [7, 11) is 0. The van der Waals surface area contributed by atoms with E-state index in [9.17, 15) is 4.79 Å². The first-order valence-corrected chi connectivity index (χ1v) is 9.22. The number of allylic oxidation sites excluding steroid dienone is 2. The van der Waals surface area contributed by atoms with Gasteiger partial charge in [-0.3, -0.25) is 0 Å². The van der Waals surface area contributed by atoms with E-state index in [-0.39, 0.29) is 26.8 Å². The van der Waals surface area contributed by atoms with Crippen molar-refractivity contribution >= 4 is 30.4 Å². The van der Waals surface area contributed by atoms with Gasteiger partial charge in [-0.05, 0) is 0 Å². The molecule has 0 aliphatic rings. The van der Waals surface area contributed by atoms with Gasteiger partial charge < -0.3 is 0 Å². The van der Waals surface area contributed by atoms with E-state index in [4.69, 9.17) is 0 Å². The summed E-state index contributed by atoms with van der Waals surface area (Å²) in [5, 5.41) is 3.06. The van der Waals surface area contributed by atoms with E-state index in [1.54, 1.807) is 6.92 Å². The van der Waals surface area contributed by atoms with Crippen molar-refractivity contribution in [1.82, 2.24) is 5.32 Å². The van der Waals surface area contributed by atoms with Crippen LogP contribution in [0.1, 0.15) is 46.5 Å². The SMILES string of the molecule is CCC/C(NC(C)=O)=C(\CCC)[Te]c1ccccc1. The fourth-order valence-electron chi connectivity index (χ4n) is 1.86. The number of nitrogens with one attached hydrogen (secondary N) is 1. The Balaban J connectivity index is 2.95. The molecule has 1 amide bonds. The van der Waals surface area contributed by atoms with Gasteiger partial charge in [0.05, 0.1) is 0 Å². The van der Waals surface area contributed by atoms with E-state index in [1.165, 1.54) is 12.9 Å². The van der Waals surface area contributed by atoms with Crippen LogP contribution < -0.4 is 8.93 Å². The molecular formula is C16H23NOTe. The van der Waals surface area contributed by atoms with E-state index >= 15 is 0 Å². The second-order valence-electron chi connectivity index (χ2n) is 4.50. The van der Waals surface area contributed by atoms with Crippen molar-refractivity contribution in [3.63, 3.8) is 0 Å². The standard InChI is InChI=1S/C16H23NOTe/c1-4-9-15(17-13(3)18)16(10-5-2)19-14-11-7-6-8-12-14/h6-8,11-12H,4-5,9-10H2,1-3H3,(H,17,18)/b16-15-. The zero-order valence-corrected chi connectivity index (χ0v) is 14.4. The molecule has 0 spiro atoms. The summed E-state index contributed by atoms with van der Waals surface area (Å²) in [5.41, 5.74) is 1.18. The van der Waals surface area contributed by atoms with Crippen molar-refractivity contribution in [2.75, 3.05) is 0 Å². The van der Waals surface area contributed by atoms with Gasteiger partial charge in [-0.15, -0.1) is 0 Å². The summed E-state index contributed by atoms with van der Waals surface area (Å²) in [6.07, 6.45) is 4.30. The zero-order valence-electron chi connectivity index (χ0n) is 12.0. The Kier molecular flexibility index (Phi) is 7.86. The number of amides is 1. The van der Waals surface area contributed by atoms with Gasteiger partial charge in [-0.1, -0.05) is 0 Å². The van der Waals surface area contributed by atoms with Crippen molar-refractivity contribution in [1.29, 1.82) is 0 Å². The van der Waals surface area contributed by atoms with Crippen LogP contribution in [-0.2, 0) is 4.79 Å². The molecule has 0 aliphatic carbocycles. The Morgan fingerprint density at radius 3 is 2.26 bits per heavy atom. The number of carbonyl (C=O) groups excluding carboxylic acids is 1. The second-order valence-corrected chi connectivity index (χ2v) is 7.83. The zero-order chi connectivity index (χ0) is 14.1. The molecule has 0 heterocycles. The average Bonchev–Trinajstić information content (AvgIpc) is 2.38. The van der Waals surface area contributed by atoms with Crippen molar-refractivity contribution in [2.24, 2.45) is 0 Å². The Bertz CT molecular complexity index is 426. The third-order valence-electron chi connectivity index (χ3n) is 2.62. The molecule has 2 nitrogen and oxygen atoms in total. The topological polar surface area (TPSA) is 29.1 Å². The Morgan fingerprint density at radius 1 is 1.11 bits per heavy atom. The first-order chi connectivity index (χ1) is 9.17. The fourth-order valence-corrected chi connectivity index (χ4v) is 5.17. The molecule has 19 heavy (non-hydrogen) atoms. The average molecular weight is 373 g/mol. The Hall–Kier alpha value is -0.780. The second kappa shape index (κ2) is 9.18.